The molecule has 1 rings (SSSR count). The summed E-state index contributed by atoms with van der Waals surface area (Å²) in [4.78, 5) is 11.7. The van der Waals surface area contributed by atoms with Crippen LogP contribution in [0.1, 0.15) is 24.2 Å². The van der Waals surface area contributed by atoms with Gasteiger partial charge in [-0.25, -0.2) is 8.78 Å². The SMILES string of the molecule is CCOC(CNC(=O)c1c(F)cccc1F)OCC. The molecule has 0 fully saturated rings. The van der Waals surface area contributed by atoms with E-state index in [-0.39, 0.29) is 6.54 Å². The lowest BCUT2D eigenvalue weighted by atomic mass is 10.2. The van der Waals surface area contributed by atoms with Gasteiger partial charge in [-0.15, -0.1) is 0 Å². The topological polar surface area (TPSA) is 47.6 Å². The molecule has 4 nitrogen and oxygen atoms in total. The minimum atomic E-state index is -0.901. The average Bonchev–Trinajstić information content (AvgIpc) is 2.36. The lowest BCUT2D eigenvalue weighted by molar-refractivity contribution is -0.131. The van der Waals surface area contributed by atoms with Crippen LogP contribution in [0.15, 0.2) is 18.2 Å². The van der Waals surface area contributed by atoms with Gasteiger partial charge in [0.15, 0.2) is 6.29 Å². The van der Waals surface area contributed by atoms with E-state index in [2.05, 4.69) is 5.32 Å². The molecule has 1 amide bonds. The normalized spacial score (nSPS) is 10.8. The third-order valence-corrected chi connectivity index (χ3v) is 2.32. The standard InChI is InChI=1S/C13H17F2NO3/c1-3-18-11(19-4-2)8-16-13(17)12-9(14)6-5-7-10(12)15/h5-7,11H,3-4,8H2,1-2H3,(H,16,17). The van der Waals surface area contributed by atoms with E-state index in [0.717, 1.165) is 12.1 Å². The van der Waals surface area contributed by atoms with Gasteiger partial charge in [0, 0.05) is 13.2 Å². The fourth-order valence-corrected chi connectivity index (χ4v) is 1.52. The summed E-state index contributed by atoms with van der Waals surface area (Å²) in [5, 5.41) is 2.38. The summed E-state index contributed by atoms with van der Waals surface area (Å²) in [6, 6.07) is 3.26. The second-order valence-electron chi connectivity index (χ2n) is 3.65. The summed E-state index contributed by atoms with van der Waals surface area (Å²) in [6.07, 6.45) is -0.631. The van der Waals surface area contributed by atoms with Gasteiger partial charge in [-0.1, -0.05) is 6.07 Å². The molecule has 0 unspecified atom stereocenters. The van der Waals surface area contributed by atoms with Crippen LogP contribution in [0.5, 0.6) is 0 Å². The van der Waals surface area contributed by atoms with E-state index >= 15 is 0 Å². The summed E-state index contributed by atoms with van der Waals surface area (Å²) in [6.45, 7) is 4.41. The second-order valence-corrected chi connectivity index (χ2v) is 3.65. The predicted octanol–water partition coefficient (Wildman–Crippen LogP) is 2.09. The van der Waals surface area contributed by atoms with Gasteiger partial charge in [-0.2, -0.15) is 0 Å². The van der Waals surface area contributed by atoms with E-state index in [1.165, 1.54) is 6.07 Å². The van der Waals surface area contributed by atoms with Crippen LogP contribution in [0.2, 0.25) is 0 Å². The number of carbonyl (C=O) groups excluding carboxylic acids is 1. The third kappa shape index (κ3) is 4.57. The van der Waals surface area contributed by atoms with Gasteiger partial charge >= 0.3 is 0 Å². The number of halogens is 2. The zero-order valence-electron chi connectivity index (χ0n) is 10.9. The minimum absolute atomic E-state index is 0.0221. The molecule has 0 radical (unpaired) electrons. The minimum Gasteiger partial charge on any atom is -0.351 e. The Hall–Kier alpha value is -1.53. The van der Waals surface area contributed by atoms with Crippen molar-refractivity contribution in [1.29, 1.82) is 0 Å². The number of carbonyl (C=O) groups is 1. The summed E-state index contributed by atoms with van der Waals surface area (Å²) >= 11 is 0. The van der Waals surface area contributed by atoms with Crippen LogP contribution >= 0.6 is 0 Å². The van der Waals surface area contributed by atoms with Crippen molar-refractivity contribution in [2.75, 3.05) is 19.8 Å². The number of amides is 1. The van der Waals surface area contributed by atoms with Crippen molar-refractivity contribution in [3.8, 4) is 0 Å². The van der Waals surface area contributed by atoms with Crippen LogP contribution in [0.25, 0.3) is 0 Å². The Morgan fingerprint density at radius 1 is 1.21 bits per heavy atom. The maximum Gasteiger partial charge on any atom is 0.257 e. The fraction of sp³-hybridized carbons (Fsp3) is 0.462. The molecular formula is C13H17F2NO3. The molecule has 0 heterocycles. The van der Waals surface area contributed by atoms with Crippen LogP contribution in [-0.2, 0) is 9.47 Å². The number of ether oxygens (including phenoxy) is 2. The summed E-state index contributed by atoms with van der Waals surface area (Å²) < 4.78 is 37.1. The number of hydrogen-bond acceptors (Lipinski definition) is 3. The summed E-state index contributed by atoms with van der Waals surface area (Å²) in [7, 11) is 0. The molecule has 0 atom stereocenters. The Morgan fingerprint density at radius 2 is 1.74 bits per heavy atom. The number of nitrogens with one attached hydrogen (secondary N) is 1. The van der Waals surface area contributed by atoms with Crippen molar-refractivity contribution >= 4 is 5.91 Å². The molecule has 0 bridgehead atoms. The number of hydrogen-bond donors (Lipinski definition) is 1. The molecule has 0 aliphatic carbocycles. The molecule has 0 aliphatic heterocycles. The molecule has 1 N–H and O–H groups in total. The third-order valence-electron chi connectivity index (χ3n) is 2.32. The molecule has 6 heteroatoms. The zero-order valence-corrected chi connectivity index (χ0v) is 10.9. The first kappa shape index (κ1) is 15.5. The predicted molar refractivity (Wildman–Crippen MR) is 65.7 cm³/mol. The highest BCUT2D eigenvalue weighted by molar-refractivity contribution is 5.94. The Labute approximate surface area is 110 Å². The van der Waals surface area contributed by atoms with Crippen molar-refractivity contribution < 1.29 is 23.0 Å². The molecule has 0 saturated heterocycles. The Morgan fingerprint density at radius 3 is 2.21 bits per heavy atom. The lowest BCUT2D eigenvalue weighted by Gasteiger charge is -2.17. The molecule has 19 heavy (non-hydrogen) atoms. The van der Waals surface area contributed by atoms with Gasteiger partial charge in [0.2, 0.25) is 0 Å². The van der Waals surface area contributed by atoms with E-state index in [9.17, 15) is 13.6 Å². The highest BCUT2D eigenvalue weighted by atomic mass is 19.1. The first-order valence-electron chi connectivity index (χ1n) is 6.05. The van der Waals surface area contributed by atoms with Gasteiger partial charge < -0.3 is 14.8 Å². The Kier molecular flexibility index (Phi) is 6.38. The average molecular weight is 273 g/mol. The van der Waals surface area contributed by atoms with Crippen molar-refractivity contribution in [1.82, 2.24) is 5.32 Å². The number of rotatable bonds is 7. The maximum atomic E-state index is 13.4. The summed E-state index contributed by atoms with van der Waals surface area (Å²) in [5.41, 5.74) is -0.603. The van der Waals surface area contributed by atoms with Gasteiger partial charge in [-0.05, 0) is 26.0 Å². The maximum absolute atomic E-state index is 13.4. The Bertz CT molecular complexity index is 400. The first-order chi connectivity index (χ1) is 9.10. The zero-order chi connectivity index (χ0) is 14.3. The molecule has 0 saturated carbocycles. The van der Waals surface area contributed by atoms with Crippen LogP contribution < -0.4 is 5.32 Å². The fourth-order valence-electron chi connectivity index (χ4n) is 1.52. The number of benzene rings is 1. The molecular weight excluding hydrogens is 256 g/mol. The quantitative estimate of drug-likeness (QED) is 0.774. The molecule has 0 aromatic heterocycles. The van der Waals surface area contributed by atoms with Crippen LogP contribution in [0.3, 0.4) is 0 Å². The van der Waals surface area contributed by atoms with E-state index in [4.69, 9.17) is 9.47 Å². The second kappa shape index (κ2) is 7.81. The monoisotopic (exact) mass is 273 g/mol. The molecule has 1 aromatic carbocycles. The smallest absolute Gasteiger partial charge is 0.257 e. The largest absolute Gasteiger partial charge is 0.351 e. The highest BCUT2D eigenvalue weighted by Gasteiger charge is 2.18. The summed E-state index contributed by atoms with van der Waals surface area (Å²) in [5.74, 6) is -2.64. The molecule has 0 spiro atoms. The van der Waals surface area contributed by atoms with Crippen molar-refractivity contribution in [2.45, 2.75) is 20.1 Å². The molecule has 1 aromatic rings. The Balaban J connectivity index is 2.64. The van der Waals surface area contributed by atoms with Gasteiger partial charge in [0.25, 0.3) is 5.91 Å². The highest BCUT2D eigenvalue weighted by Crippen LogP contribution is 2.11. The van der Waals surface area contributed by atoms with Crippen molar-refractivity contribution in [2.24, 2.45) is 0 Å². The van der Waals surface area contributed by atoms with E-state index < -0.39 is 29.4 Å². The van der Waals surface area contributed by atoms with Gasteiger partial charge in [-0.3, -0.25) is 4.79 Å². The molecule has 0 aliphatic rings. The first-order valence-corrected chi connectivity index (χ1v) is 6.05. The molecule has 106 valence electrons. The van der Waals surface area contributed by atoms with Gasteiger partial charge in [0.05, 0.1) is 6.54 Å². The van der Waals surface area contributed by atoms with Crippen LogP contribution in [0, 0.1) is 11.6 Å². The van der Waals surface area contributed by atoms with E-state index in [1.807, 2.05) is 0 Å². The lowest BCUT2D eigenvalue weighted by Crippen LogP contribution is -2.36. The van der Waals surface area contributed by atoms with Crippen molar-refractivity contribution in [3.05, 3.63) is 35.4 Å². The van der Waals surface area contributed by atoms with E-state index in [1.54, 1.807) is 13.8 Å². The van der Waals surface area contributed by atoms with Crippen LogP contribution in [0.4, 0.5) is 8.78 Å². The van der Waals surface area contributed by atoms with Crippen LogP contribution in [-0.4, -0.2) is 32.0 Å². The van der Waals surface area contributed by atoms with Crippen molar-refractivity contribution in [3.63, 3.8) is 0 Å². The van der Waals surface area contributed by atoms with E-state index in [0.29, 0.717) is 13.2 Å². The van der Waals surface area contributed by atoms with Gasteiger partial charge in [0.1, 0.15) is 17.2 Å².